The Morgan fingerprint density at radius 2 is 1.93 bits per heavy atom. The van der Waals surface area contributed by atoms with Crippen LogP contribution in [0.2, 0.25) is 0 Å². The van der Waals surface area contributed by atoms with E-state index in [0.29, 0.717) is 11.7 Å². The summed E-state index contributed by atoms with van der Waals surface area (Å²) < 4.78 is 13.2. The topological polar surface area (TPSA) is 45.0 Å². The lowest BCUT2D eigenvalue weighted by atomic mass is 10.1. The Morgan fingerprint density at radius 1 is 1.18 bits per heavy atom. The van der Waals surface area contributed by atoms with Crippen molar-refractivity contribution in [3.8, 4) is 0 Å². The molecule has 0 aliphatic carbocycles. The first-order valence-corrected chi connectivity index (χ1v) is 10.3. The van der Waals surface area contributed by atoms with Gasteiger partial charge in [-0.2, -0.15) is 5.10 Å². The van der Waals surface area contributed by atoms with Crippen LogP contribution in [-0.4, -0.2) is 27.4 Å². The molecule has 0 spiro atoms. The molecule has 0 bridgehead atoms. The molecule has 1 aliphatic heterocycles. The first kappa shape index (κ1) is 20.3. The summed E-state index contributed by atoms with van der Waals surface area (Å²) in [5.74, 6) is -0.252. The maximum absolute atomic E-state index is 13.2. The van der Waals surface area contributed by atoms with Crippen molar-refractivity contribution in [3.63, 3.8) is 0 Å². The van der Waals surface area contributed by atoms with Crippen molar-refractivity contribution >= 4 is 29.1 Å². The molecule has 0 N–H and O–H groups in total. The third kappa shape index (κ3) is 4.87. The molecular formula is C22H24FN3OS. The summed E-state index contributed by atoms with van der Waals surface area (Å²) in [6.45, 7) is 6.51. The number of hydrogen-bond donors (Lipinski definition) is 0. The SMILES string of the molecule is CCC[C@H]1S/C(=N/N=C\c2ccc(C)cc2C)N(Cc2ccc(F)cc2)C1=O. The van der Waals surface area contributed by atoms with Crippen LogP contribution in [0.5, 0.6) is 0 Å². The number of carbonyl (C=O) groups is 1. The van der Waals surface area contributed by atoms with E-state index in [-0.39, 0.29) is 17.0 Å². The Kier molecular flexibility index (Phi) is 6.62. The van der Waals surface area contributed by atoms with E-state index < -0.39 is 0 Å². The molecule has 1 saturated heterocycles. The fourth-order valence-corrected chi connectivity index (χ4v) is 4.27. The largest absolute Gasteiger partial charge is 0.284 e. The average molecular weight is 398 g/mol. The summed E-state index contributed by atoms with van der Waals surface area (Å²) in [4.78, 5) is 14.5. The average Bonchev–Trinajstić information content (AvgIpc) is 2.95. The summed E-state index contributed by atoms with van der Waals surface area (Å²) in [7, 11) is 0. The minimum atomic E-state index is -0.290. The van der Waals surface area contributed by atoms with Crippen LogP contribution < -0.4 is 0 Å². The summed E-state index contributed by atoms with van der Waals surface area (Å²) in [6, 6.07) is 12.3. The number of aryl methyl sites for hydroxylation is 2. The maximum atomic E-state index is 13.2. The molecule has 1 aliphatic rings. The van der Waals surface area contributed by atoms with E-state index in [1.54, 1.807) is 23.2 Å². The molecule has 28 heavy (non-hydrogen) atoms. The van der Waals surface area contributed by atoms with E-state index in [2.05, 4.69) is 30.1 Å². The second-order valence-corrected chi connectivity index (χ2v) is 8.10. The molecule has 1 atom stereocenters. The van der Waals surface area contributed by atoms with Gasteiger partial charge in [-0.15, -0.1) is 5.10 Å². The van der Waals surface area contributed by atoms with E-state index >= 15 is 0 Å². The van der Waals surface area contributed by atoms with Crippen LogP contribution in [0.4, 0.5) is 4.39 Å². The second kappa shape index (κ2) is 9.15. The normalized spacial score (nSPS) is 18.6. The lowest BCUT2D eigenvalue weighted by Crippen LogP contribution is -2.31. The zero-order chi connectivity index (χ0) is 20.1. The highest BCUT2D eigenvalue weighted by Crippen LogP contribution is 2.31. The van der Waals surface area contributed by atoms with Crippen LogP contribution in [0, 0.1) is 19.7 Å². The van der Waals surface area contributed by atoms with Crippen molar-refractivity contribution in [1.82, 2.24) is 4.90 Å². The zero-order valence-corrected chi connectivity index (χ0v) is 17.2. The van der Waals surface area contributed by atoms with Gasteiger partial charge in [0.25, 0.3) is 0 Å². The van der Waals surface area contributed by atoms with Crippen LogP contribution in [0.15, 0.2) is 52.7 Å². The lowest BCUT2D eigenvalue weighted by Gasteiger charge is -2.15. The van der Waals surface area contributed by atoms with Crippen molar-refractivity contribution in [2.45, 2.75) is 45.4 Å². The molecule has 0 unspecified atom stereocenters. The third-order valence-electron chi connectivity index (χ3n) is 4.59. The minimum Gasteiger partial charge on any atom is -0.284 e. The Morgan fingerprint density at radius 3 is 2.61 bits per heavy atom. The number of amides is 1. The van der Waals surface area contributed by atoms with Gasteiger partial charge in [-0.1, -0.05) is 61.0 Å². The molecule has 146 valence electrons. The van der Waals surface area contributed by atoms with Gasteiger partial charge < -0.3 is 0 Å². The monoisotopic (exact) mass is 397 g/mol. The van der Waals surface area contributed by atoms with Crippen LogP contribution in [0.1, 0.15) is 42.0 Å². The lowest BCUT2D eigenvalue weighted by molar-refractivity contribution is -0.126. The third-order valence-corrected chi connectivity index (χ3v) is 5.82. The molecule has 0 saturated carbocycles. The number of nitrogens with zero attached hydrogens (tertiary/aromatic N) is 3. The van der Waals surface area contributed by atoms with Crippen molar-refractivity contribution < 1.29 is 9.18 Å². The Bertz CT molecular complexity index is 908. The molecule has 1 amide bonds. The second-order valence-electron chi connectivity index (χ2n) is 6.93. The van der Waals surface area contributed by atoms with E-state index in [1.807, 2.05) is 19.1 Å². The van der Waals surface area contributed by atoms with E-state index in [0.717, 1.165) is 29.5 Å². The van der Waals surface area contributed by atoms with Crippen molar-refractivity contribution in [1.29, 1.82) is 0 Å². The van der Waals surface area contributed by atoms with Crippen LogP contribution in [0.25, 0.3) is 0 Å². The smallest absolute Gasteiger partial charge is 0.242 e. The van der Waals surface area contributed by atoms with Gasteiger partial charge in [-0.25, -0.2) is 4.39 Å². The highest BCUT2D eigenvalue weighted by atomic mass is 32.2. The van der Waals surface area contributed by atoms with Crippen molar-refractivity contribution in [2.24, 2.45) is 10.2 Å². The predicted molar refractivity (Wildman–Crippen MR) is 114 cm³/mol. The van der Waals surface area contributed by atoms with Gasteiger partial charge in [0.1, 0.15) is 5.82 Å². The first-order valence-electron chi connectivity index (χ1n) is 9.38. The number of rotatable bonds is 6. The van der Waals surface area contributed by atoms with Crippen molar-refractivity contribution in [3.05, 3.63) is 70.5 Å². The zero-order valence-electron chi connectivity index (χ0n) is 16.4. The quantitative estimate of drug-likeness (QED) is 0.504. The molecule has 1 fully saturated rings. The van der Waals surface area contributed by atoms with Gasteiger partial charge in [0.15, 0.2) is 5.17 Å². The fourth-order valence-electron chi connectivity index (χ4n) is 3.06. The van der Waals surface area contributed by atoms with Crippen molar-refractivity contribution in [2.75, 3.05) is 0 Å². The van der Waals surface area contributed by atoms with Crippen LogP contribution in [0.3, 0.4) is 0 Å². The Hall–Kier alpha value is -2.47. The van der Waals surface area contributed by atoms with Gasteiger partial charge >= 0.3 is 0 Å². The van der Waals surface area contributed by atoms with Gasteiger partial charge in [0.2, 0.25) is 5.91 Å². The maximum Gasteiger partial charge on any atom is 0.242 e. The van der Waals surface area contributed by atoms with Crippen LogP contribution >= 0.6 is 11.8 Å². The molecule has 0 radical (unpaired) electrons. The minimum absolute atomic E-state index is 0.0386. The number of thioether (sulfide) groups is 1. The number of halogens is 1. The summed E-state index contributed by atoms with van der Waals surface area (Å²) in [5, 5.41) is 9.03. The summed E-state index contributed by atoms with van der Waals surface area (Å²) in [6.07, 6.45) is 3.44. The number of benzene rings is 2. The van der Waals surface area contributed by atoms with E-state index in [4.69, 9.17) is 0 Å². The molecular weight excluding hydrogens is 373 g/mol. The van der Waals surface area contributed by atoms with E-state index in [1.165, 1.54) is 29.5 Å². The molecule has 4 nitrogen and oxygen atoms in total. The number of amidine groups is 1. The summed E-state index contributed by atoms with van der Waals surface area (Å²) >= 11 is 1.45. The molecule has 2 aromatic rings. The van der Waals surface area contributed by atoms with Gasteiger partial charge in [0, 0.05) is 0 Å². The number of carbonyl (C=O) groups excluding carboxylic acids is 1. The highest BCUT2D eigenvalue weighted by molar-refractivity contribution is 8.15. The molecule has 2 aromatic carbocycles. The van der Waals surface area contributed by atoms with Crippen LogP contribution in [-0.2, 0) is 11.3 Å². The van der Waals surface area contributed by atoms with E-state index in [9.17, 15) is 9.18 Å². The fraction of sp³-hybridized carbons (Fsp3) is 0.318. The molecule has 3 rings (SSSR count). The van der Waals surface area contributed by atoms with Gasteiger partial charge in [-0.3, -0.25) is 9.69 Å². The highest BCUT2D eigenvalue weighted by Gasteiger charge is 2.37. The molecule has 1 heterocycles. The Balaban J connectivity index is 1.82. The predicted octanol–water partition coefficient (Wildman–Crippen LogP) is 5.08. The van der Waals surface area contributed by atoms with Gasteiger partial charge in [-0.05, 0) is 49.1 Å². The number of hydrogen-bond acceptors (Lipinski definition) is 4. The molecule has 0 aromatic heterocycles. The molecule has 6 heteroatoms. The first-order chi connectivity index (χ1) is 13.5. The Labute approximate surface area is 169 Å². The standard InChI is InChI=1S/C22H24FN3OS/c1-4-5-20-21(27)26(14-17-7-10-19(23)11-8-17)22(28-20)25-24-13-18-9-6-15(2)12-16(18)3/h6-13,20H,4-5,14H2,1-3H3/b24-13-,25-22+/t20-/m1/s1. The van der Waals surface area contributed by atoms with Gasteiger partial charge in [0.05, 0.1) is 18.0 Å². The summed E-state index contributed by atoms with van der Waals surface area (Å²) in [5.41, 5.74) is 4.19.